The molecule has 0 aromatic heterocycles. The summed E-state index contributed by atoms with van der Waals surface area (Å²) in [7, 11) is 0. The normalized spacial score (nSPS) is 11.5. The molecule has 4 nitrogen and oxygen atoms in total. The molecule has 0 heterocycles. The SMILES string of the molecule is CCCCCCCC=CC(=O)OCCOCCN(CC)CC. The predicted molar refractivity (Wildman–Crippen MR) is 92.1 cm³/mol. The average Bonchev–Trinajstić information content (AvgIpc) is 2.53. The maximum atomic E-state index is 11.4. The number of esters is 1. The smallest absolute Gasteiger partial charge is 0.330 e. The van der Waals surface area contributed by atoms with Gasteiger partial charge >= 0.3 is 5.97 Å². The molecule has 0 aromatic rings. The molecular weight excluding hydrogens is 278 g/mol. The lowest BCUT2D eigenvalue weighted by atomic mass is 10.1. The summed E-state index contributed by atoms with van der Waals surface area (Å²) in [5.74, 6) is -0.263. The molecule has 0 unspecified atom stereocenters. The van der Waals surface area contributed by atoms with Crippen LogP contribution >= 0.6 is 0 Å². The van der Waals surface area contributed by atoms with Gasteiger partial charge in [0, 0.05) is 12.6 Å². The standard InChI is InChI=1S/C18H35NO3/c1-4-7-8-9-10-11-12-13-18(20)22-17-16-21-15-14-19(5-2)6-3/h12-13H,4-11,14-17H2,1-3H3. The number of hydrogen-bond donors (Lipinski definition) is 0. The van der Waals surface area contributed by atoms with Crippen LogP contribution < -0.4 is 0 Å². The second-order valence-corrected chi connectivity index (χ2v) is 5.41. The van der Waals surface area contributed by atoms with Crippen LogP contribution in [0.15, 0.2) is 12.2 Å². The lowest BCUT2D eigenvalue weighted by Crippen LogP contribution is -2.27. The first-order valence-electron chi connectivity index (χ1n) is 8.87. The number of allylic oxidation sites excluding steroid dienone is 1. The molecule has 0 radical (unpaired) electrons. The van der Waals surface area contributed by atoms with Crippen molar-refractivity contribution in [1.82, 2.24) is 4.90 Å². The summed E-state index contributed by atoms with van der Waals surface area (Å²) in [6.45, 7) is 11.0. The molecule has 0 aromatic carbocycles. The molecule has 0 spiro atoms. The Bertz CT molecular complexity index is 276. The van der Waals surface area contributed by atoms with E-state index in [0.29, 0.717) is 19.8 Å². The number of rotatable bonds is 15. The van der Waals surface area contributed by atoms with Crippen molar-refractivity contribution in [1.29, 1.82) is 0 Å². The number of carbonyl (C=O) groups excluding carboxylic acids is 1. The Morgan fingerprint density at radius 2 is 1.68 bits per heavy atom. The van der Waals surface area contributed by atoms with Crippen LogP contribution in [0.25, 0.3) is 0 Å². The Labute approximate surface area is 136 Å². The van der Waals surface area contributed by atoms with Crippen LogP contribution in [0.1, 0.15) is 59.3 Å². The lowest BCUT2D eigenvalue weighted by Gasteiger charge is -2.17. The molecular formula is C18H35NO3. The molecule has 0 saturated carbocycles. The van der Waals surface area contributed by atoms with E-state index in [2.05, 4.69) is 25.7 Å². The maximum absolute atomic E-state index is 11.4. The first-order chi connectivity index (χ1) is 10.7. The summed E-state index contributed by atoms with van der Waals surface area (Å²) in [6.07, 6.45) is 10.7. The minimum atomic E-state index is -0.263. The Morgan fingerprint density at radius 1 is 0.955 bits per heavy atom. The van der Waals surface area contributed by atoms with Crippen LogP contribution in [-0.4, -0.2) is 50.3 Å². The number of ether oxygens (including phenoxy) is 2. The highest BCUT2D eigenvalue weighted by Gasteiger charge is 1.99. The molecule has 4 heteroatoms. The Kier molecular flexibility index (Phi) is 15.8. The van der Waals surface area contributed by atoms with Gasteiger partial charge in [-0.05, 0) is 25.9 Å². The highest BCUT2D eigenvalue weighted by atomic mass is 16.6. The van der Waals surface area contributed by atoms with E-state index in [1.54, 1.807) is 0 Å². The quantitative estimate of drug-likeness (QED) is 0.262. The fraction of sp³-hybridized carbons (Fsp3) is 0.833. The van der Waals surface area contributed by atoms with Crippen LogP contribution in [0.2, 0.25) is 0 Å². The largest absolute Gasteiger partial charge is 0.460 e. The first-order valence-corrected chi connectivity index (χ1v) is 8.87. The van der Waals surface area contributed by atoms with Gasteiger partial charge in [0.25, 0.3) is 0 Å². The molecule has 22 heavy (non-hydrogen) atoms. The summed E-state index contributed by atoms with van der Waals surface area (Å²) in [6, 6.07) is 0. The fourth-order valence-corrected chi connectivity index (χ4v) is 2.13. The Balaban J connectivity index is 3.38. The second kappa shape index (κ2) is 16.5. The molecule has 0 fully saturated rings. The predicted octanol–water partition coefficient (Wildman–Crippen LogP) is 3.80. The van der Waals surface area contributed by atoms with Crippen molar-refractivity contribution in [3.63, 3.8) is 0 Å². The van der Waals surface area contributed by atoms with Gasteiger partial charge in [-0.3, -0.25) is 0 Å². The zero-order valence-corrected chi connectivity index (χ0v) is 14.8. The summed E-state index contributed by atoms with van der Waals surface area (Å²) < 4.78 is 10.5. The molecule has 0 N–H and O–H groups in total. The molecule has 0 aliphatic carbocycles. The summed E-state index contributed by atoms with van der Waals surface area (Å²) in [5.41, 5.74) is 0. The van der Waals surface area contributed by atoms with Crippen LogP contribution in [0.4, 0.5) is 0 Å². The molecule has 0 rings (SSSR count). The minimum absolute atomic E-state index is 0.263. The third-order valence-corrected chi connectivity index (χ3v) is 3.65. The van der Waals surface area contributed by atoms with Crippen molar-refractivity contribution in [2.24, 2.45) is 0 Å². The molecule has 0 atom stereocenters. The maximum Gasteiger partial charge on any atom is 0.330 e. The zero-order valence-electron chi connectivity index (χ0n) is 14.8. The molecule has 0 amide bonds. The molecule has 130 valence electrons. The highest BCUT2D eigenvalue weighted by molar-refractivity contribution is 5.81. The van der Waals surface area contributed by atoms with Gasteiger partial charge in [-0.15, -0.1) is 0 Å². The van der Waals surface area contributed by atoms with E-state index in [9.17, 15) is 4.79 Å². The van der Waals surface area contributed by atoms with Crippen LogP contribution in [0.3, 0.4) is 0 Å². The van der Waals surface area contributed by atoms with Gasteiger partial charge in [0.2, 0.25) is 0 Å². The van der Waals surface area contributed by atoms with Crippen molar-refractivity contribution < 1.29 is 14.3 Å². The summed E-state index contributed by atoms with van der Waals surface area (Å²) >= 11 is 0. The third-order valence-electron chi connectivity index (χ3n) is 3.65. The van der Waals surface area contributed by atoms with Crippen molar-refractivity contribution in [3.05, 3.63) is 12.2 Å². The second-order valence-electron chi connectivity index (χ2n) is 5.41. The van der Waals surface area contributed by atoms with Gasteiger partial charge in [0.15, 0.2) is 0 Å². The molecule has 0 bridgehead atoms. The monoisotopic (exact) mass is 313 g/mol. The third kappa shape index (κ3) is 14.1. The van der Waals surface area contributed by atoms with Crippen LogP contribution in [0, 0.1) is 0 Å². The van der Waals surface area contributed by atoms with Crippen LogP contribution in [-0.2, 0) is 14.3 Å². The molecule has 0 saturated heterocycles. The van der Waals surface area contributed by atoms with Gasteiger partial charge in [0.1, 0.15) is 6.61 Å². The van der Waals surface area contributed by atoms with Gasteiger partial charge in [0.05, 0.1) is 13.2 Å². The number of likely N-dealkylation sites (N-methyl/N-ethyl adjacent to an activating group) is 1. The van der Waals surface area contributed by atoms with E-state index < -0.39 is 0 Å². The minimum Gasteiger partial charge on any atom is -0.460 e. The van der Waals surface area contributed by atoms with Crippen molar-refractivity contribution in [2.75, 3.05) is 39.5 Å². The van der Waals surface area contributed by atoms with E-state index in [1.165, 1.54) is 31.8 Å². The van der Waals surface area contributed by atoms with Gasteiger partial charge in [-0.2, -0.15) is 0 Å². The van der Waals surface area contributed by atoms with Crippen molar-refractivity contribution >= 4 is 5.97 Å². The van der Waals surface area contributed by atoms with Gasteiger partial charge in [-0.1, -0.05) is 52.5 Å². The number of carbonyl (C=O) groups is 1. The van der Waals surface area contributed by atoms with E-state index in [4.69, 9.17) is 9.47 Å². The van der Waals surface area contributed by atoms with Crippen LogP contribution in [0.5, 0.6) is 0 Å². The molecule has 0 aliphatic rings. The first kappa shape index (κ1) is 21.1. The van der Waals surface area contributed by atoms with E-state index in [-0.39, 0.29) is 5.97 Å². The Morgan fingerprint density at radius 3 is 2.36 bits per heavy atom. The lowest BCUT2D eigenvalue weighted by molar-refractivity contribution is -0.139. The summed E-state index contributed by atoms with van der Waals surface area (Å²) in [5, 5.41) is 0. The number of nitrogens with zero attached hydrogens (tertiary/aromatic N) is 1. The van der Waals surface area contributed by atoms with E-state index in [1.807, 2.05) is 6.08 Å². The summed E-state index contributed by atoms with van der Waals surface area (Å²) in [4.78, 5) is 13.7. The van der Waals surface area contributed by atoms with E-state index in [0.717, 1.165) is 32.5 Å². The van der Waals surface area contributed by atoms with Crippen molar-refractivity contribution in [3.8, 4) is 0 Å². The average molecular weight is 313 g/mol. The topological polar surface area (TPSA) is 38.8 Å². The fourth-order valence-electron chi connectivity index (χ4n) is 2.13. The number of unbranched alkanes of at least 4 members (excludes halogenated alkanes) is 5. The highest BCUT2D eigenvalue weighted by Crippen LogP contribution is 2.05. The van der Waals surface area contributed by atoms with Gasteiger partial charge in [-0.25, -0.2) is 4.79 Å². The van der Waals surface area contributed by atoms with E-state index >= 15 is 0 Å². The zero-order chi connectivity index (χ0) is 16.5. The molecule has 0 aliphatic heterocycles. The van der Waals surface area contributed by atoms with Crippen molar-refractivity contribution in [2.45, 2.75) is 59.3 Å². The number of hydrogen-bond acceptors (Lipinski definition) is 4. The van der Waals surface area contributed by atoms with Gasteiger partial charge < -0.3 is 14.4 Å². The Hall–Kier alpha value is -0.870.